The van der Waals surface area contributed by atoms with Gasteiger partial charge >= 0.3 is 5.97 Å². The summed E-state index contributed by atoms with van der Waals surface area (Å²) < 4.78 is 19.6. The number of benzene rings is 2. The summed E-state index contributed by atoms with van der Waals surface area (Å²) in [5, 5.41) is 1.09. The molecule has 0 unspecified atom stereocenters. The van der Waals surface area contributed by atoms with Crippen LogP contribution in [0.4, 0.5) is 10.1 Å². The molecule has 5 rings (SSSR count). The lowest BCUT2D eigenvalue weighted by molar-refractivity contribution is -0.130. The Morgan fingerprint density at radius 1 is 1.03 bits per heavy atom. The molecule has 8 nitrogen and oxygen atoms in total. The van der Waals surface area contributed by atoms with E-state index in [1.807, 2.05) is 15.9 Å². The van der Waals surface area contributed by atoms with Gasteiger partial charge in [-0.1, -0.05) is 24.3 Å². The van der Waals surface area contributed by atoms with Gasteiger partial charge in [-0.2, -0.15) is 0 Å². The Hall–Kier alpha value is -3.98. The molecule has 0 radical (unpaired) electrons. The van der Waals surface area contributed by atoms with Crippen LogP contribution >= 0.6 is 12.4 Å². The van der Waals surface area contributed by atoms with Crippen molar-refractivity contribution >= 4 is 46.7 Å². The molecule has 10 heteroatoms. The molecule has 2 aromatic carbocycles. The molecule has 0 bridgehead atoms. The number of halogens is 2. The number of guanidine groups is 1. The van der Waals surface area contributed by atoms with Crippen LogP contribution in [-0.4, -0.2) is 58.8 Å². The van der Waals surface area contributed by atoms with Crippen molar-refractivity contribution in [3.8, 4) is 0 Å². The normalized spacial score (nSPS) is 17.6. The zero-order valence-corrected chi connectivity index (χ0v) is 18.9. The molecule has 1 saturated heterocycles. The third-order valence-corrected chi connectivity index (χ3v) is 5.57. The number of esters is 1. The van der Waals surface area contributed by atoms with E-state index in [-0.39, 0.29) is 29.8 Å². The van der Waals surface area contributed by atoms with Crippen LogP contribution in [-0.2, 0) is 9.53 Å². The number of fused-ring (bicyclic) bond motifs is 1. The fourth-order valence-electron chi connectivity index (χ4n) is 3.84. The molecular formula is C24H22ClFN6O2. The number of aromatic nitrogens is 1. The highest BCUT2D eigenvalue weighted by atomic mass is 35.5. The van der Waals surface area contributed by atoms with Gasteiger partial charge in [0.1, 0.15) is 5.82 Å². The number of nitrogens with two attached hydrogens (primary N) is 1. The number of nitrogens with zero attached hydrogens (tertiary/aromatic N) is 5. The largest absolute Gasteiger partial charge is 0.402 e. The molecule has 34 heavy (non-hydrogen) atoms. The van der Waals surface area contributed by atoms with Crippen molar-refractivity contribution < 1.29 is 13.9 Å². The predicted octanol–water partition coefficient (Wildman–Crippen LogP) is 3.20. The van der Waals surface area contributed by atoms with Crippen LogP contribution in [0.3, 0.4) is 0 Å². The molecule has 174 valence electrons. The first-order chi connectivity index (χ1) is 16.1. The van der Waals surface area contributed by atoms with Crippen molar-refractivity contribution in [3.63, 3.8) is 0 Å². The Bertz CT molecular complexity index is 1300. The number of piperazine rings is 1. The molecular weight excluding hydrogens is 459 g/mol. The van der Waals surface area contributed by atoms with Gasteiger partial charge in [-0.3, -0.25) is 4.98 Å². The van der Waals surface area contributed by atoms with Crippen molar-refractivity contribution in [1.82, 2.24) is 14.8 Å². The summed E-state index contributed by atoms with van der Waals surface area (Å²) in [5.74, 6) is -0.244. The number of ether oxygens (including phenoxy) is 1. The zero-order valence-electron chi connectivity index (χ0n) is 18.1. The van der Waals surface area contributed by atoms with Crippen LogP contribution in [0.5, 0.6) is 0 Å². The van der Waals surface area contributed by atoms with Crippen LogP contribution in [0.1, 0.15) is 5.56 Å². The van der Waals surface area contributed by atoms with E-state index in [1.54, 1.807) is 55.0 Å². The maximum atomic E-state index is 14.1. The van der Waals surface area contributed by atoms with Crippen molar-refractivity contribution in [1.29, 1.82) is 0 Å². The number of pyridine rings is 1. The summed E-state index contributed by atoms with van der Waals surface area (Å²) in [4.78, 5) is 29.2. The predicted molar refractivity (Wildman–Crippen MR) is 131 cm³/mol. The Labute approximate surface area is 201 Å². The minimum absolute atomic E-state index is 0. The van der Waals surface area contributed by atoms with E-state index < -0.39 is 5.97 Å². The van der Waals surface area contributed by atoms with Crippen molar-refractivity contribution in [2.24, 2.45) is 15.7 Å². The second kappa shape index (κ2) is 9.88. The number of cyclic esters (lactones) is 1. The molecule has 2 N–H and O–H groups in total. The van der Waals surface area contributed by atoms with E-state index in [9.17, 15) is 9.18 Å². The van der Waals surface area contributed by atoms with Gasteiger partial charge in [0.15, 0.2) is 11.7 Å². The lowest BCUT2D eigenvalue weighted by atomic mass is 10.0. The van der Waals surface area contributed by atoms with Gasteiger partial charge in [-0.05, 0) is 29.7 Å². The Morgan fingerprint density at radius 3 is 2.47 bits per heavy atom. The SMILES string of the molecule is Cl.NC(=Nc1ccncc1)N1CCN(/C=C2/N=C(c3ccc(F)c4ccccc34)OC2=O)CC1. The van der Waals surface area contributed by atoms with E-state index in [0.29, 0.717) is 48.5 Å². The average Bonchev–Trinajstić information content (AvgIpc) is 3.20. The minimum Gasteiger partial charge on any atom is -0.402 e. The molecule has 0 aliphatic carbocycles. The number of hydrogen-bond acceptors (Lipinski definition) is 6. The molecule has 2 aliphatic heterocycles. The fraction of sp³-hybridized carbons (Fsp3) is 0.167. The quantitative estimate of drug-likeness (QED) is 0.267. The lowest BCUT2D eigenvalue weighted by Gasteiger charge is -2.34. The third kappa shape index (κ3) is 4.69. The number of hydrogen-bond donors (Lipinski definition) is 1. The molecule has 0 spiro atoms. The lowest BCUT2D eigenvalue weighted by Crippen LogP contribution is -2.49. The standard InChI is InChI=1S/C24H21FN6O2.ClH/c25-20-6-5-19(17-3-1-2-4-18(17)20)22-29-21(23(32)33-22)15-30-11-13-31(14-12-30)24(26)28-16-7-9-27-10-8-16;/h1-10,15H,11-14H2,(H2,26,27,28);1H/b21-15+;. The van der Waals surface area contributed by atoms with E-state index in [0.717, 1.165) is 5.69 Å². The maximum absolute atomic E-state index is 14.1. The van der Waals surface area contributed by atoms with Crippen molar-refractivity contribution in [3.05, 3.63) is 84.2 Å². The Morgan fingerprint density at radius 2 is 1.74 bits per heavy atom. The van der Waals surface area contributed by atoms with Crippen LogP contribution in [0, 0.1) is 5.82 Å². The summed E-state index contributed by atoms with van der Waals surface area (Å²) in [6.07, 6.45) is 5.04. The van der Waals surface area contributed by atoms with Crippen LogP contribution < -0.4 is 5.73 Å². The Balaban J connectivity index is 0.00000274. The zero-order chi connectivity index (χ0) is 22.8. The minimum atomic E-state index is -0.528. The smallest absolute Gasteiger partial charge is 0.365 e. The number of carbonyl (C=O) groups is 1. The Kier molecular flexibility index (Phi) is 6.74. The highest BCUT2D eigenvalue weighted by molar-refractivity contribution is 6.16. The van der Waals surface area contributed by atoms with Gasteiger partial charge < -0.3 is 20.3 Å². The second-order valence-corrected chi connectivity index (χ2v) is 7.66. The summed E-state index contributed by atoms with van der Waals surface area (Å²) in [5.41, 5.74) is 7.69. The van der Waals surface area contributed by atoms with E-state index in [4.69, 9.17) is 10.5 Å². The summed E-state index contributed by atoms with van der Waals surface area (Å²) in [6, 6.07) is 13.6. The molecule has 3 aromatic rings. The summed E-state index contributed by atoms with van der Waals surface area (Å²) in [6.45, 7) is 2.60. The first-order valence-electron chi connectivity index (χ1n) is 10.5. The second-order valence-electron chi connectivity index (χ2n) is 7.66. The topological polar surface area (TPSA) is 96.4 Å². The van der Waals surface area contributed by atoms with Gasteiger partial charge in [0.05, 0.1) is 5.69 Å². The molecule has 1 fully saturated rings. The van der Waals surface area contributed by atoms with Crippen LogP contribution in [0.25, 0.3) is 10.8 Å². The average molecular weight is 481 g/mol. The summed E-state index contributed by atoms with van der Waals surface area (Å²) >= 11 is 0. The first-order valence-corrected chi connectivity index (χ1v) is 10.5. The van der Waals surface area contributed by atoms with E-state index in [2.05, 4.69) is 15.0 Å². The number of rotatable bonds is 3. The highest BCUT2D eigenvalue weighted by Crippen LogP contribution is 2.26. The van der Waals surface area contributed by atoms with Gasteiger partial charge in [-0.25, -0.2) is 19.2 Å². The first kappa shape index (κ1) is 23.2. The van der Waals surface area contributed by atoms with Crippen LogP contribution in [0.15, 0.2) is 82.8 Å². The molecule has 1 aromatic heterocycles. The van der Waals surface area contributed by atoms with E-state index in [1.165, 1.54) is 6.07 Å². The van der Waals surface area contributed by atoms with E-state index >= 15 is 0 Å². The highest BCUT2D eigenvalue weighted by Gasteiger charge is 2.27. The van der Waals surface area contributed by atoms with Gasteiger partial charge in [0.25, 0.3) is 0 Å². The molecule has 2 aliphatic rings. The van der Waals surface area contributed by atoms with Crippen molar-refractivity contribution in [2.75, 3.05) is 26.2 Å². The number of carbonyl (C=O) groups excluding carboxylic acids is 1. The van der Waals surface area contributed by atoms with Gasteiger partial charge in [0.2, 0.25) is 5.90 Å². The van der Waals surface area contributed by atoms with Gasteiger partial charge in [0, 0.05) is 55.7 Å². The maximum Gasteiger partial charge on any atom is 0.365 e. The fourth-order valence-corrected chi connectivity index (χ4v) is 3.84. The third-order valence-electron chi connectivity index (χ3n) is 5.57. The monoisotopic (exact) mass is 480 g/mol. The molecule has 0 atom stereocenters. The molecule has 0 amide bonds. The molecule has 3 heterocycles. The van der Waals surface area contributed by atoms with Crippen LogP contribution in [0.2, 0.25) is 0 Å². The summed E-state index contributed by atoms with van der Waals surface area (Å²) in [7, 11) is 0. The molecule has 0 saturated carbocycles. The number of aliphatic imine (C=N–C) groups is 2. The van der Waals surface area contributed by atoms with Crippen molar-refractivity contribution in [2.45, 2.75) is 0 Å². The van der Waals surface area contributed by atoms with Gasteiger partial charge in [-0.15, -0.1) is 12.4 Å².